The van der Waals surface area contributed by atoms with Gasteiger partial charge in [0.2, 0.25) is 0 Å². The molecule has 0 radical (unpaired) electrons. The van der Waals surface area contributed by atoms with E-state index in [0.717, 1.165) is 12.0 Å². The Hall–Kier alpha value is -0.930. The van der Waals surface area contributed by atoms with E-state index in [2.05, 4.69) is 12.2 Å². The summed E-state index contributed by atoms with van der Waals surface area (Å²) in [5, 5.41) is 3.54. The Kier molecular flexibility index (Phi) is 3.26. The second-order valence-electron chi connectivity index (χ2n) is 4.99. The first-order chi connectivity index (χ1) is 7.61. The number of benzene rings is 1. The Morgan fingerprint density at radius 3 is 2.81 bits per heavy atom. The van der Waals surface area contributed by atoms with Gasteiger partial charge in [0.15, 0.2) is 0 Å². The van der Waals surface area contributed by atoms with Crippen LogP contribution in [0, 0.1) is 5.82 Å². The smallest absolute Gasteiger partial charge is 0.123 e. The van der Waals surface area contributed by atoms with Crippen LogP contribution in [0.15, 0.2) is 24.3 Å². The highest BCUT2D eigenvalue weighted by Crippen LogP contribution is 2.24. The average Bonchev–Trinajstić information content (AvgIpc) is 3.01. The molecule has 1 unspecified atom stereocenters. The van der Waals surface area contributed by atoms with Gasteiger partial charge in [-0.25, -0.2) is 4.39 Å². The molecule has 0 saturated heterocycles. The van der Waals surface area contributed by atoms with Crippen LogP contribution in [-0.4, -0.2) is 18.1 Å². The molecule has 0 bridgehead atoms. The maximum absolute atomic E-state index is 13.1. The van der Waals surface area contributed by atoms with E-state index in [4.69, 9.17) is 5.73 Å². The van der Waals surface area contributed by atoms with Gasteiger partial charge in [-0.1, -0.05) is 12.1 Å². The topological polar surface area (TPSA) is 38.0 Å². The minimum absolute atomic E-state index is 0.116. The van der Waals surface area contributed by atoms with Crippen LogP contribution in [0.2, 0.25) is 0 Å². The van der Waals surface area contributed by atoms with E-state index in [1.807, 2.05) is 6.07 Å². The normalized spacial score (nSPS) is 19.4. The van der Waals surface area contributed by atoms with E-state index >= 15 is 0 Å². The molecular formula is C13H19FN2. The molecule has 2 rings (SSSR count). The van der Waals surface area contributed by atoms with Crippen LogP contribution >= 0.6 is 0 Å². The fourth-order valence-electron chi connectivity index (χ4n) is 2.00. The molecule has 2 nitrogen and oxygen atoms in total. The molecule has 1 aromatic carbocycles. The summed E-state index contributed by atoms with van der Waals surface area (Å²) < 4.78 is 13.1. The zero-order chi connectivity index (χ0) is 11.6. The van der Waals surface area contributed by atoms with Crippen LogP contribution in [-0.2, 0) is 6.42 Å². The number of halogens is 1. The Morgan fingerprint density at radius 1 is 1.50 bits per heavy atom. The Labute approximate surface area is 96.0 Å². The standard InChI is InChI=1S/C13H19FN2/c1-13(9-15,16-12-5-6-12)8-10-3-2-4-11(14)7-10/h2-4,7,12,16H,5-6,8-9,15H2,1H3. The van der Waals surface area contributed by atoms with Crippen molar-refractivity contribution in [2.45, 2.75) is 37.8 Å². The summed E-state index contributed by atoms with van der Waals surface area (Å²) in [6.07, 6.45) is 3.25. The lowest BCUT2D eigenvalue weighted by Crippen LogP contribution is -2.51. The lowest BCUT2D eigenvalue weighted by atomic mass is 9.92. The molecule has 0 spiro atoms. The Morgan fingerprint density at radius 2 is 2.25 bits per heavy atom. The molecule has 16 heavy (non-hydrogen) atoms. The molecule has 3 N–H and O–H groups in total. The number of hydrogen-bond acceptors (Lipinski definition) is 2. The fourth-order valence-corrected chi connectivity index (χ4v) is 2.00. The van der Waals surface area contributed by atoms with E-state index in [1.54, 1.807) is 12.1 Å². The molecule has 1 atom stereocenters. The molecule has 3 heteroatoms. The molecule has 1 saturated carbocycles. The van der Waals surface area contributed by atoms with Gasteiger partial charge < -0.3 is 11.1 Å². The highest BCUT2D eigenvalue weighted by molar-refractivity contribution is 5.19. The molecule has 0 amide bonds. The van der Waals surface area contributed by atoms with Crippen molar-refractivity contribution >= 4 is 0 Å². The third kappa shape index (κ3) is 3.03. The van der Waals surface area contributed by atoms with Crippen LogP contribution in [0.25, 0.3) is 0 Å². The lowest BCUT2D eigenvalue weighted by Gasteiger charge is -2.30. The van der Waals surface area contributed by atoms with E-state index in [1.165, 1.54) is 18.9 Å². The minimum Gasteiger partial charge on any atom is -0.329 e. The Balaban J connectivity index is 2.04. The SMILES string of the molecule is CC(CN)(Cc1cccc(F)c1)NC1CC1. The molecule has 0 aliphatic heterocycles. The van der Waals surface area contributed by atoms with E-state index in [9.17, 15) is 4.39 Å². The molecular weight excluding hydrogens is 203 g/mol. The summed E-state index contributed by atoms with van der Waals surface area (Å²) in [6.45, 7) is 2.68. The summed E-state index contributed by atoms with van der Waals surface area (Å²) in [5.41, 5.74) is 6.70. The number of nitrogens with one attached hydrogen (secondary N) is 1. The van der Waals surface area contributed by atoms with Crippen molar-refractivity contribution in [2.75, 3.05) is 6.54 Å². The number of rotatable bonds is 5. The summed E-state index contributed by atoms with van der Waals surface area (Å²) in [5.74, 6) is -0.178. The van der Waals surface area contributed by atoms with Gasteiger partial charge in [-0.05, 0) is 43.9 Å². The van der Waals surface area contributed by atoms with E-state index < -0.39 is 0 Å². The molecule has 88 valence electrons. The van der Waals surface area contributed by atoms with Crippen molar-refractivity contribution in [2.24, 2.45) is 5.73 Å². The third-order valence-electron chi connectivity index (χ3n) is 3.06. The van der Waals surface area contributed by atoms with E-state index in [-0.39, 0.29) is 11.4 Å². The molecule has 1 aliphatic rings. The average molecular weight is 222 g/mol. The minimum atomic E-state index is -0.178. The molecule has 1 aliphatic carbocycles. The quantitative estimate of drug-likeness (QED) is 0.797. The van der Waals surface area contributed by atoms with Gasteiger partial charge in [0, 0.05) is 18.1 Å². The van der Waals surface area contributed by atoms with Gasteiger partial charge in [-0.2, -0.15) is 0 Å². The number of hydrogen-bond donors (Lipinski definition) is 2. The molecule has 1 fully saturated rings. The predicted octanol–water partition coefficient (Wildman–Crippen LogP) is 1.84. The monoisotopic (exact) mass is 222 g/mol. The van der Waals surface area contributed by atoms with Crippen LogP contribution in [0.1, 0.15) is 25.3 Å². The summed E-state index contributed by atoms with van der Waals surface area (Å²) in [6, 6.07) is 7.37. The highest BCUT2D eigenvalue weighted by atomic mass is 19.1. The van der Waals surface area contributed by atoms with Gasteiger partial charge in [0.1, 0.15) is 5.82 Å². The number of nitrogens with two attached hydrogens (primary N) is 1. The van der Waals surface area contributed by atoms with Crippen molar-refractivity contribution in [3.63, 3.8) is 0 Å². The maximum Gasteiger partial charge on any atom is 0.123 e. The van der Waals surface area contributed by atoms with Gasteiger partial charge in [0.05, 0.1) is 0 Å². The van der Waals surface area contributed by atoms with Crippen molar-refractivity contribution < 1.29 is 4.39 Å². The van der Waals surface area contributed by atoms with Crippen molar-refractivity contribution in [1.29, 1.82) is 0 Å². The van der Waals surface area contributed by atoms with Crippen LogP contribution < -0.4 is 11.1 Å². The third-order valence-corrected chi connectivity index (χ3v) is 3.06. The van der Waals surface area contributed by atoms with Crippen LogP contribution in [0.5, 0.6) is 0 Å². The summed E-state index contributed by atoms with van der Waals surface area (Å²) in [4.78, 5) is 0. The zero-order valence-electron chi connectivity index (χ0n) is 9.67. The lowest BCUT2D eigenvalue weighted by molar-refractivity contribution is 0.357. The van der Waals surface area contributed by atoms with Crippen LogP contribution in [0.3, 0.4) is 0 Å². The first kappa shape index (κ1) is 11.6. The summed E-state index contributed by atoms with van der Waals surface area (Å²) >= 11 is 0. The first-order valence-corrected chi connectivity index (χ1v) is 5.83. The molecule has 1 aromatic rings. The summed E-state index contributed by atoms with van der Waals surface area (Å²) in [7, 11) is 0. The highest BCUT2D eigenvalue weighted by Gasteiger charge is 2.31. The zero-order valence-corrected chi connectivity index (χ0v) is 9.67. The first-order valence-electron chi connectivity index (χ1n) is 5.83. The van der Waals surface area contributed by atoms with Crippen molar-refractivity contribution in [3.8, 4) is 0 Å². The van der Waals surface area contributed by atoms with Gasteiger partial charge in [-0.15, -0.1) is 0 Å². The van der Waals surface area contributed by atoms with Gasteiger partial charge >= 0.3 is 0 Å². The van der Waals surface area contributed by atoms with Gasteiger partial charge in [0.25, 0.3) is 0 Å². The maximum atomic E-state index is 13.1. The fraction of sp³-hybridized carbons (Fsp3) is 0.538. The van der Waals surface area contributed by atoms with Crippen molar-refractivity contribution in [1.82, 2.24) is 5.32 Å². The van der Waals surface area contributed by atoms with Crippen LogP contribution in [0.4, 0.5) is 4.39 Å². The van der Waals surface area contributed by atoms with Crippen molar-refractivity contribution in [3.05, 3.63) is 35.6 Å². The second-order valence-corrected chi connectivity index (χ2v) is 4.99. The largest absolute Gasteiger partial charge is 0.329 e. The predicted molar refractivity (Wildman–Crippen MR) is 63.7 cm³/mol. The van der Waals surface area contributed by atoms with E-state index in [0.29, 0.717) is 12.6 Å². The Bertz CT molecular complexity index is 363. The second kappa shape index (κ2) is 4.52. The molecule has 0 heterocycles. The molecule has 0 aromatic heterocycles. The van der Waals surface area contributed by atoms with Gasteiger partial charge in [-0.3, -0.25) is 0 Å².